The minimum absolute atomic E-state index is 0.0806. The summed E-state index contributed by atoms with van der Waals surface area (Å²) in [7, 11) is 0. The summed E-state index contributed by atoms with van der Waals surface area (Å²) < 4.78 is 1.57. The topological polar surface area (TPSA) is 117 Å². The number of aliphatic hydroxyl groups is 1. The van der Waals surface area contributed by atoms with E-state index in [4.69, 9.17) is 16.7 Å². The molecule has 0 aliphatic heterocycles. The average molecular weight is 353 g/mol. The highest BCUT2D eigenvalue weighted by molar-refractivity contribution is 6.33. The van der Waals surface area contributed by atoms with E-state index in [-0.39, 0.29) is 10.7 Å². The summed E-state index contributed by atoms with van der Waals surface area (Å²) in [5, 5.41) is 25.2. The van der Waals surface area contributed by atoms with E-state index in [1.165, 1.54) is 6.07 Å². The molecule has 3 N–H and O–H groups in total. The average Bonchev–Trinajstić information content (AvgIpc) is 2.84. The number of aryl methyl sites for hydroxylation is 2. The lowest BCUT2D eigenvalue weighted by atomic mass is 10.1. The van der Waals surface area contributed by atoms with E-state index in [1.807, 2.05) is 19.9 Å². The first kappa shape index (κ1) is 17.9. The summed E-state index contributed by atoms with van der Waals surface area (Å²) in [6.07, 6.45) is 0. The maximum atomic E-state index is 12.2. The monoisotopic (exact) mass is 352 g/mol. The summed E-state index contributed by atoms with van der Waals surface area (Å²) in [5.74, 6) is -1.73. The van der Waals surface area contributed by atoms with E-state index >= 15 is 0 Å². The fraction of sp³-hybridized carbons (Fsp3) is 0.333. The lowest BCUT2D eigenvalue weighted by Crippen LogP contribution is -2.46. The van der Waals surface area contributed by atoms with Crippen LogP contribution in [0.25, 0.3) is 5.82 Å². The van der Waals surface area contributed by atoms with Crippen LogP contribution in [0.2, 0.25) is 5.02 Å². The molecule has 128 valence electrons. The van der Waals surface area contributed by atoms with Crippen LogP contribution in [0.4, 0.5) is 0 Å². The molecule has 9 heteroatoms. The van der Waals surface area contributed by atoms with E-state index < -0.39 is 24.0 Å². The molecule has 0 spiro atoms. The molecule has 0 fully saturated rings. The molecule has 2 heterocycles. The number of carboxylic acids is 1. The maximum absolute atomic E-state index is 12.2. The van der Waals surface area contributed by atoms with Gasteiger partial charge in [-0.25, -0.2) is 14.5 Å². The summed E-state index contributed by atoms with van der Waals surface area (Å²) in [5.41, 5.74) is -0.534. The van der Waals surface area contributed by atoms with Crippen molar-refractivity contribution < 1.29 is 19.8 Å². The van der Waals surface area contributed by atoms with Crippen LogP contribution in [-0.2, 0) is 4.79 Å². The normalized spacial score (nSPS) is 13.4. The van der Waals surface area contributed by atoms with Crippen LogP contribution in [0.3, 0.4) is 0 Å². The molecule has 0 radical (unpaired) electrons. The molecule has 0 bridgehead atoms. The van der Waals surface area contributed by atoms with Gasteiger partial charge in [0.25, 0.3) is 5.91 Å². The molecule has 0 saturated carbocycles. The molecule has 2 aromatic heterocycles. The van der Waals surface area contributed by atoms with Gasteiger partial charge in [-0.2, -0.15) is 5.10 Å². The number of aromatic nitrogens is 3. The molecular weight excluding hydrogens is 336 g/mol. The van der Waals surface area contributed by atoms with Gasteiger partial charge in [0.05, 0.1) is 17.3 Å². The molecule has 0 aromatic carbocycles. The van der Waals surface area contributed by atoms with Crippen LogP contribution in [0, 0.1) is 13.8 Å². The molecule has 0 aliphatic carbocycles. The second-order valence-corrected chi connectivity index (χ2v) is 6.01. The minimum atomic E-state index is -2.09. The third-order valence-electron chi connectivity index (χ3n) is 3.33. The molecule has 1 amide bonds. The summed E-state index contributed by atoms with van der Waals surface area (Å²) in [4.78, 5) is 27.3. The highest BCUT2D eigenvalue weighted by Crippen LogP contribution is 2.18. The summed E-state index contributed by atoms with van der Waals surface area (Å²) in [6.45, 7) is 4.28. The zero-order valence-electron chi connectivity index (χ0n) is 13.4. The van der Waals surface area contributed by atoms with Crippen molar-refractivity contribution in [3.8, 4) is 5.82 Å². The lowest BCUT2D eigenvalue weighted by Gasteiger charge is -2.18. The van der Waals surface area contributed by atoms with Gasteiger partial charge in [0.1, 0.15) is 5.69 Å². The van der Waals surface area contributed by atoms with Gasteiger partial charge in [0, 0.05) is 5.69 Å². The number of halogens is 1. The molecular formula is C15H17ClN4O4. The number of nitrogens with zero attached hydrogens (tertiary/aromatic N) is 3. The Morgan fingerprint density at radius 2 is 2.04 bits per heavy atom. The largest absolute Gasteiger partial charge is 0.479 e. The van der Waals surface area contributed by atoms with E-state index in [1.54, 1.807) is 10.7 Å². The Bertz CT molecular complexity index is 801. The van der Waals surface area contributed by atoms with Crippen molar-refractivity contribution >= 4 is 23.5 Å². The van der Waals surface area contributed by atoms with Crippen molar-refractivity contribution in [1.29, 1.82) is 0 Å². The lowest BCUT2D eigenvalue weighted by molar-refractivity contribution is -0.155. The predicted molar refractivity (Wildman–Crippen MR) is 86.4 cm³/mol. The van der Waals surface area contributed by atoms with Crippen molar-refractivity contribution in [2.75, 3.05) is 6.54 Å². The van der Waals surface area contributed by atoms with Gasteiger partial charge in [0.2, 0.25) is 0 Å². The van der Waals surface area contributed by atoms with Gasteiger partial charge in [-0.15, -0.1) is 0 Å². The van der Waals surface area contributed by atoms with Crippen LogP contribution >= 0.6 is 11.6 Å². The SMILES string of the molecule is Cc1cc(C)n(-c2ccc(Cl)c(C(=O)NCC(C)(O)C(=O)O)n2)n1. The Morgan fingerprint density at radius 3 is 2.58 bits per heavy atom. The third-order valence-corrected chi connectivity index (χ3v) is 3.63. The highest BCUT2D eigenvalue weighted by Gasteiger charge is 2.30. The number of carboxylic acid groups (broad SMARTS) is 1. The molecule has 0 saturated heterocycles. The first-order chi connectivity index (χ1) is 11.1. The number of hydrogen-bond donors (Lipinski definition) is 3. The predicted octanol–water partition coefficient (Wildman–Crippen LogP) is 1.10. The number of amides is 1. The quantitative estimate of drug-likeness (QED) is 0.741. The Labute approximate surface area is 143 Å². The van der Waals surface area contributed by atoms with Gasteiger partial charge in [-0.05, 0) is 39.0 Å². The van der Waals surface area contributed by atoms with Crippen LogP contribution in [-0.4, -0.2) is 49.0 Å². The van der Waals surface area contributed by atoms with E-state index in [9.17, 15) is 14.7 Å². The number of carbonyl (C=O) groups is 2. The number of carbonyl (C=O) groups excluding carboxylic acids is 1. The molecule has 24 heavy (non-hydrogen) atoms. The molecule has 2 aromatic rings. The van der Waals surface area contributed by atoms with Crippen LogP contribution in [0.1, 0.15) is 28.8 Å². The van der Waals surface area contributed by atoms with Gasteiger partial charge >= 0.3 is 5.97 Å². The first-order valence-electron chi connectivity index (χ1n) is 7.06. The zero-order chi connectivity index (χ0) is 18.1. The van der Waals surface area contributed by atoms with E-state index in [2.05, 4.69) is 15.4 Å². The number of rotatable bonds is 5. The Kier molecular flexibility index (Phi) is 4.91. The standard InChI is InChI=1S/C15H17ClN4O4/c1-8-6-9(2)20(19-8)11-5-4-10(16)12(18-11)13(21)17-7-15(3,24)14(22)23/h4-6,24H,7H2,1-3H3,(H,17,21)(H,22,23). The van der Waals surface area contributed by atoms with Crippen molar-refractivity contribution in [3.63, 3.8) is 0 Å². The van der Waals surface area contributed by atoms with Crippen molar-refractivity contribution in [3.05, 3.63) is 40.3 Å². The van der Waals surface area contributed by atoms with Crippen LogP contribution < -0.4 is 5.32 Å². The Morgan fingerprint density at radius 1 is 1.38 bits per heavy atom. The van der Waals surface area contributed by atoms with Crippen molar-refractivity contribution in [2.45, 2.75) is 26.4 Å². The molecule has 1 unspecified atom stereocenters. The molecule has 1 atom stereocenters. The first-order valence-corrected chi connectivity index (χ1v) is 7.44. The fourth-order valence-corrected chi connectivity index (χ4v) is 2.17. The van der Waals surface area contributed by atoms with Gasteiger partial charge < -0.3 is 15.5 Å². The second-order valence-electron chi connectivity index (χ2n) is 5.60. The molecule has 0 aliphatic rings. The maximum Gasteiger partial charge on any atom is 0.337 e. The van der Waals surface area contributed by atoms with Crippen LogP contribution in [0.5, 0.6) is 0 Å². The van der Waals surface area contributed by atoms with Crippen molar-refractivity contribution in [1.82, 2.24) is 20.1 Å². The highest BCUT2D eigenvalue weighted by atomic mass is 35.5. The number of aliphatic carboxylic acids is 1. The number of hydrogen-bond acceptors (Lipinski definition) is 5. The van der Waals surface area contributed by atoms with Crippen LogP contribution in [0.15, 0.2) is 18.2 Å². The van der Waals surface area contributed by atoms with Crippen molar-refractivity contribution in [2.24, 2.45) is 0 Å². The van der Waals surface area contributed by atoms with Gasteiger partial charge in [-0.3, -0.25) is 4.79 Å². The fourth-order valence-electron chi connectivity index (χ4n) is 1.98. The smallest absolute Gasteiger partial charge is 0.337 e. The molecule has 8 nitrogen and oxygen atoms in total. The Balaban J connectivity index is 2.27. The third kappa shape index (κ3) is 3.72. The van der Waals surface area contributed by atoms with E-state index in [0.717, 1.165) is 18.3 Å². The Hall–Kier alpha value is -2.45. The second kappa shape index (κ2) is 6.58. The van der Waals surface area contributed by atoms with Gasteiger partial charge in [0.15, 0.2) is 11.4 Å². The number of pyridine rings is 1. The van der Waals surface area contributed by atoms with E-state index in [0.29, 0.717) is 5.82 Å². The number of nitrogens with one attached hydrogen (secondary N) is 1. The summed E-state index contributed by atoms with van der Waals surface area (Å²) in [6, 6.07) is 4.98. The minimum Gasteiger partial charge on any atom is -0.479 e. The zero-order valence-corrected chi connectivity index (χ0v) is 14.1. The molecule has 2 rings (SSSR count). The summed E-state index contributed by atoms with van der Waals surface area (Å²) >= 11 is 6.00. The van der Waals surface area contributed by atoms with Gasteiger partial charge in [-0.1, -0.05) is 11.6 Å².